The van der Waals surface area contributed by atoms with Crippen LogP contribution >= 0.6 is 11.8 Å². The van der Waals surface area contributed by atoms with Crippen LogP contribution in [0.2, 0.25) is 0 Å². The van der Waals surface area contributed by atoms with E-state index in [1.54, 1.807) is 12.1 Å². The SMILES string of the molecule is COc1cc([C@H]2C3=C(CCCC3=O)Nc3nc(SC(C)C)[nH]c(=O)c32)cc(OC)c1OC. The van der Waals surface area contributed by atoms with Gasteiger partial charge in [0, 0.05) is 28.9 Å². The lowest BCUT2D eigenvalue weighted by Crippen LogP contribution is -2.32. The molecule has 0 spiro atoms. The first-order chi connectivity index (χ1) is 15.4. The highest BCUT2D eigenvalue weighted by molar-refractivity contribution is 7.99. The molecule has 0 saturated heterocycles. The van der Waals surface area contributed by atoms with Crippen molar-refractivity contribution in [2.24, 2.45) is 0 Å². The highest BCUT2D eigenvalue weighted by Crippen LogP contribution is 2.47. The molecule has 0 amide bonds. The van der Waals surface area contributed by atoms with E-state index in [1.165, 1.54) is 33.1 Å². The van der Waals surface area contributed by atoms with Crippen LogP contribution in [0, 0.1) is 0 Å². The number of anilines is 1. The zero-order chi connectivity index (χ0) is 23.0. The standard InChI is InChI=1S/C23H27N3O5S/c1-11(2)32-23-25-21-19(22(28)26-23)17(18-13(24-21)7-6-8-14(18)27)12-9-15(29-3)20(31-5)16(10-12)30-4/h9-11,17H,6-8H2,1-5H3,(H2,24,25,26,28)/t17-/m0/s1. The molecule has 32 heavy (non-hydrogen) atoms. The van der Waals surface area contributed by atoms with Crippen LogP contribution in [-0.2, 0) is 4.79 Å². The van der Waals surface area contributed by atoms with Crippen molar-refractivity contribution in [3.63, 3.8) is 0 Å². The number of ether oxygens (including phenoxy) is 3. The fraction of sp³-hybridized carbons (Fsp3) is 0.435. The highest BCUT2D eigenvalue weighted by Gasteiger charge is 2.38. The van der Waals surface area contributed by atoms with Gasteiger partial charge in [0.25, 0.3) is 5.56 Å². The minimum absolute atomic E-state index is 0.0307. The predicted octanol–water partition coefficient (Wildman–Crippen LogP) is 3.86. The number of benzene rings is 1. The summed E-state index contributed by atoms with van der Waals surface area (Å²) in [5.74, 6) is 1.31. The quantitative estimate of drug-likeness (QED) is 0.498. The molecule has 1 aliphatic carbocycles. The normalized spacial score (nSPS) is 17.6. The molecule has 2 heterocycles. The minimum atomic E-state index is -0.586. The van der Waals surface area contributed by atoms with E-state index in [4.69, 9.17) is 14.2 Å². The second-order valence-electron chi connectivity index (χ2n) is 7.99. The topological polar surface area (TPSA) is 103 Å². The summed E-state index contributed by atoms with van der Waals surface area (Å²) in [6.07, 6.45) is 1.94. The average Bonchev–Trinajstić information content (AvgIpc) is 2.76. The Morgan fingerprint density at radius 3 is 2.34 bits per heavy atom. The summed E-state index contributed by atoms with van der Waals surface area (Å²) >= 11 is 1.48. The molecule has 1 atom stereocenters. The summed E-state index contributed by atoms with van der Waals surface area (Å²) in [7, 11) is 4.61. The Bertz CT molecular complexity index is 1130. The number of fused-ring (bicyclic) bond motifs is 1. The first kappa shape index (κ1) is 22.3. The Balaban J connectivity index is 1.97. The summed E-state index contributed by atoms with van der Waals surface area (Å²) in [6, 6.07) is 3.59. The maximum absolute atomic E-state index is 13.3. The van der Waals surface area contributed by atoms with Crippen LogP contribution in [0.15, 0.2) is 33.4 Å². The summed E-state index contributed by atoms with van der Waals surface area (Å²) in [5, 5.41) is 4.10. The molecule has 4 rings (SSSR count). The lowest BCUT2D eigenvalue weighted by atomic mass is 9.76. The van der Waals surface area contributed by atoms with Gasteiger partial charge in [-0.15, -0.1) is 0 Å². The summed E-state index contributed by atoms with van der Waals surface area (Å²) in [4.78, 5) is 33.9. The van der Waals surface area contributed by atoms with Crippen molar-refractivity contribution in [3.05, 3.63) is 44.9 Å². The van der Waals surface area contributed by atoms with Gasteiger partial charge < -0.3 is 24.5 Å². The molecular weight excluding hydrogens is 430 g/mol. The first-order valence-corrected chi connectivity index (χ1v) is 11.4. The summed E-state index contributed by atoms with van der Waals surface area (Å²) in [6.45, 7) is 4.08. The fourth-order valence-corrected chi connectivity index (χ4v) is 5.06. The van der Waals surface area contributed by atoms with Gasteiger partial charge in [-0.1, -0.05) is 25.6 Å². The Morgan fingerprint density at radius 2 is 1.75 bits per heavy atom. The first-order valence-electron chi connectivity index (χ1n) is 10.5. The number of aromatic nitrogens is 2. The number of nitrogens with one attached hydrogen (secondary N) is 2. The van der Waals surface area contributed by atoms with Crippen LogP contribution < -0.4 is 25.1 Å². The number of H-pyrrole nitrogens is 1. The van der Waals surface area contributed by atoms with E-state index < -0.39 is 5.92 Å². The number of methoxy groups -OCH3 is 3. The van der Waals surface area contributed by atoms with E-state index in [0.29, 0.717) is 51.3 Å². The molecule has 1 aliphatic heterocycles. The molecule has 1 aromatic carbocycles. The Kier molecular flexibility index (Phi) is 6.19. The Hall–Kier alpha value is -2.94. The number of carbonyl (C=O) groups is 1. The number of aromatic amines is 1. The fourth-order valence-electron chi connectivity index (χ4n) is 4.32. The maximum atomic E-state index is 13.3. The van der Waals surface area contributed by atoms with Gasteiger partial charge in [0.2, 0.25) is 5.75 Å². The number of allylic oxidation sites excluding steroid dienone is 2. The van der Waals surface area contributed by atoms with Crippen molar-refractivity contribution >= 4 is 23.4 Å². The molecular formula is C23H27N3O5S. The van der Waals surface area contributed by atoms with E-state index in [1.807, 2.05) is 13.8 Å². The molecule has 2 N–H and O–H groups in total. The van der Waals surface area contributed by atoms with Crippen molar-refractivity contribution < 1.29 is 19.0 Å². The minimum Gasteiger partial charge on any atom is -0.493 e. The average molecular weight is 458 g/mol. The molecule has 0 bridgehead atoms. The van der Waals surface area contributed by atoms with Crippen LogP contribution in [0.4, 0.5) is 5.82 Å². The van der Waals surface area contributed by atoms with E-state index in [-0.39, 0.29) is 16.6 Å². The molecule has 2 aliphatic rings. The van der Waals surface area contributed by atoms with Crippen LogP contribution in [-0.4, -0.2) is 42.3 Å². The van der Waals surface area contributed by atoms with Crippen LogP contribution in [0.1, 0.15) is 50.2 Å². The van der Waals surface area contributed by atoms with Crippen molar-refractivity contribution in [1.82, 2.24) is 9.97 Å². The van der Waals surface area contributed by atoms with E-state index >= 15 is 0 Å². The smallest absolute Gasteiger partial charge is 0.257 e. The van der Waals surface area contributed by atoms with Crippen molar-refractivity contribution in [2.75, 3.05) is 26.6 Å². The number of rotatable bonds is 6. The van der Waals surface area contributed by atoms with Gasteiger partial charge in [-0.3, -0.25) is 9.59 Å². The van der Waals surface area contributed by atoms with Crippen LogP contribution in [0.3, 0.4) is 0 Å². The second kappa shape index (κ2) is 8.90. The van der Waals surface area contributed by atoms with Gasteiger partial charge in [0.15, 0.2) is 22.4 Å². The highest BCUT2D eigenvalue weighted by atomic mass is 32.2. The summed E-state index contributed by atoms with van der Waals surface area (Å²) < 4.78 is 16.5. The van der Waals surface area contributed by atoms with E-state index in [9.17, 15) is 9.59 Å². The number of hydrogen-bond donors (Lipinski definition) is 2. The number of thioether (sulfide) groups is 1. The molecule has 0 saturated carbocycles. The Labute approximate surface area is 190 Å². The maximum Gasteiger partial charge on any atom is 0.257 e. The zero-order valence-electron chi connectivity index (χ0n) is 18.8. The number of hydrogen-bond acceptors (Lipinski definition) is 8. The molecule has 170 valence electrons. The molecule has 1 aromatic heterocycles. The lowest BCUT2D eigenvalue weighted by molar-refractivity contribution is -0.116. The largest absolute Gasteiger partial charge is 0.493 e. The molecule has 0 radical (unpaired) electrons. The van der Waals surface area contributed by atoms with Crippen molar-refractivity contribution in [2.45, 2.75) is 49.4 Å². The van der Waals surface area contributed by atoms with E-state index in [0.717, 1.165) is 18.5 Å². The number of ketones is 1. The monoisotopic (exact) mass is 457 g/mol. The molecule has 8 nitrogen and oxygen atoms in total. The van der Waals surface area contributed by atoms with Gasteiger partial charge in [-0.05, 0) is 30.5 Å². The van der Waals surface area contributed by atoms with Gasteiger partial charge in [0.05, 0.1) is 26.9 Å². The summed E-state index contributed by atoms with van der Waals surface area (Å²) in [5.41, 5.74) is 2.29. The number of carbonyl (C=O) groups excluding carboxylic acids is 1. The third kappa shape index (κ3) is 3.85. The Morgan fingerprint density at radius 1 is 1.06 bits per heavy atom. The van der Waals surface area contributed by atoms with Gasteiger partial charge in [0.1, 0.15) is 5.82 Å². The molecule has 0 unspecified atom stereocenters. The van der Waals surface area contributed by atoms with Gasteiger partial charge in [-0.25, -0.2) is 4.98 Å². The van der Waals surface area contributed by atoms with Gasteiger partial charge >= 0.3 is 0 Å². The third-order valence-corrected chi connectivity index (χ3v) is 6.49. The van der Waals surface area contributed by atoms with Crippen molar-refractivity contribution in [1.29, 1.82) is 0 Å². The second-order valence-corrected chi connectivity index (χ2v) is 9.55. The third-order valence-electron chi connectivity index (χ3n) is 5.60. The number of nitrogens with zero attached hydrogens (tertiary/aromatic N) is 1. The molecule has 9 heteroatoms. The number of Topliss-reactive ketones (excluding diaryl/α,β-unsaturated/α-hetero) is 1. The molecule has 2 aromatic rings. The van der Waals surface area contributed by atoms with Crippen LogP contribution in [0.5, 0.6) is 17.2 Å². The van der Waals surface area contributed by atoms with E-state index in [2.05, 4.69) is 15.3 Å². The zero-order valence-corrected chi connectivity index (χ0v) is 19.6. The van der Waals surface area contributed by atoms with Gasteiger partial charge in [-0.2, -0.15) is 0 Å². The molecule has 0 fully saturated rings. The predicted molar refractivity (Wildman–Crippen MR) is 123 cm³/mol. The lowest BCUT2D eigenvalue weighted by Gasteiger charge is -2.33. The van der Waals surface area contributed by atoms with Crippen LogP contribution in [0.25, 0.3) is 0 Å². The van der Waals surface area contributed by atoms with Crippen molar-refractivity contribution in [3.8, 4) is 17.2 Å².